The highest BCUT2D eigenvalue weighted by Gasteiger charge is 2.25. The summed E-state index contributed by atoms with van der Waals surface area (Å²) in [6, 6.07) is 8.98. The van der Waals surface area contributed by atoms with Crippen LogP contribution >= 0.6 is 0 Å². The number of hydrogen-bond donors (Lipinski definition) is 0. The van der Waals surface area contributed by atoms with Crippen molar-refractivity contribution in [3.63, 3.8) is 0 Å². The fourth-order valence-electron chi connectivity index (χ4n) is 2.65. The van der Waals surface area contributed by atoms with Crippen molar-refractivity contribution >= 4 is 6.47 Å². The van der Waals surface area contributed by atoms with E-state index in [1.807, 2.05) is 0 Å². The molecule has 92 valence electrons. The van der Waals surface area contributed by atoms with E-state index in [0.29, 0.717) is 19.1 Å². The van der Waals surface area contributed by atoms with Gasteiger partial charge < -0.3 is 4.74 Å². The number of carbonyl (C=O) groups excluding carboxylic acids is 1. The van der Waals surface area contributed by atoms with Crippen molar-refractivity contribution in [3.8, 4) is 0 Å². The molecule has 3 nitrogen and oxygen atoms in total. The summed E-state index contributed by atoms with van der Waals surface area (Å²) in [6.07, 6.45) is 2.00. The van der Waals surface area contributed by atoms with Crippen molar-refractivity contribution in [2.75, 3.05) is 19.7 Å². The molecule has 0 saturated carbocycles. The van der Waals surface area contributed by atoms with Gasteiger partial charge in [0.2, 0.25) is 0 Å². The number of benzene rings is 1. The first-order valence-electron chi connectivity index (χ1n) is 6.24. The van der Waals surface area contributed by atoms with E-state index in [2.05, 4.69) is 36.1 Å². The SMILES string of the molecule is CCN1CCc2ccccc2C1CCOC=O. The van der Waals surface area contributed by atoms with Crippen LogP contribution in [0.2, 0.25) is 0 Å². The number of nitrogens with zero attached hydrogens (tertiary/aromatic N) is 1. The van der Waals surface area contributed by atoms with E-state index in [1.54, 1.807) is 0 Å². The molecule has 1 aliphatic heterocycles. The number of fused-ring (bicyclic) bond motifs is 1. The van der Waals surface area contributed by atoms with Crippen molar-refractivity contribution < 1.29 is 9.53 Å². The average Bonchev–Trinajstić information content (AvgIpc) is 2.39. The smallest absolute Gasteiger partial charge is 0.293 e. The predicted octanol–water partition coefficient (Wildman–Crippen LogP) is 2.17. The van der Waals surface area contributed by atoms with E-state index in [1.165, 1.54) is 11.1 Å². The molecule has 0 amide bonds. The maximum atomic E-state index is 10.2. The Hall–Kier alpha value is -1.35. The maximum Gasteiger partial charge on any atom is 0.293 e. The topological polar surface area (TPSA) is 29.5 Å². The van der Waals surface area contributed by atoms with Gasteiger partial charge in [-0.3, -0.25) is 9.69 Å². The minimum absolute atomic E-state index is 0.393. The molecule has 0 N–H and O–H groups in total. The summed E-state index contributed by atoms with van der Waals surface area (Å²) in [5.41, 5.74) is 2.84. The summed E-state index contributed by atoms with van der Waals surface area (Å²) in [5, 5.41) is 0. The molecule has 0 radical (unpaired) electrons. The second-order valence-electron chi connectivity index (χ2n) is 4.35. The Labute approximate surface area is 102 Å². The predicted molar refractivity (Wildman–Crippen MR) is 66.8 cm³/mol. The molecule has 1 aromatic rings. The molecule has 0 saturated heterocycles. The number of carbonyl (C=O) groups is 1. The maximum absolute atomic E-state index is 10.2. The van der Waals surface area contributed by atoms with Crippen molar-refractivity contribution in [1.82, 2.24) is 4.90 Å². The van der Waals surface area contributed by atoms with E-state index in [0.717, 1.165) is 25.9 Å². The zero-order valence-electron chi connectivity index (χ0n) is 10.3. The van der Waals surface area contributed by atoms with Gasteiger partial charge >= 0.3 is 0 Å². The van der Waals surface area contributed by atoms with Crippen LogP contribution in [0.5, 0.6) is 0 Å². The summed E-state index contributed by atoms with van der Waals surface area (Å²) in [4.78, 5) is 12.7. The Bertz CT molecular complexity index is 378. The van der Waals surface area contributed by atoms with Crippen LogP contribution in [0.4, 0.5) is 0 Å². The fourth-order valence-corrected chi connectivity index (χ4v) is 2.65. The Morgan fingerprint density at radius 1 is 1.47 bits per heavy atom. The molecule has 0 aromatic heterocycles. The zero-order valence-corrected chi connectivity index (χ0v) is 10.3. The van der Waals surface area contributed by atoms with Gasteiger partial charge in [0.15, 0.2) is 0 Å². The Kier molecular flexibility index (Phi) is 4.15. The lowest BCUT2D eigenvalue weighted by molar-refractivity contribution is -0.129. The number of likely N-dealkylation sites (N-methyl/N-ethyl adjacent to an activating group) is 1. The molecule has 1 aromatic carbocycles. The van der Waals surface area contributed by atoms with Crippen molar-refractivity contribution in [2.45, 2.75) is 25.8 Å². The van der Waals surface area contributed by atoms with Crippen LogP contribution in [-0.2, 0) is 16.0 Å². The molecule has 2 rings (SSSR count). The third-order valence-corrected chi connectivity index (χ3v) is 3.51. The van der Waals surface area contributed by atoms with Gasteiger partial charge in [0.1, 0.15) is 0 Å². The second kappa shape index (κ2) is 5.82. The number of rotatable bonds is 5. The molecule has 1 unspecified atom stereocenters. The molecule has 0 fully saturated rings. The normalized spacial score (nSPS) is 19.7. The molecule has 3 heteroatoms. The zero-order chi connectivity index (χ0) is 12.1. The summed E-state index contributed by atoms with van der Waals surface area (Å²) >= 11 is 0. The largest absolute Gasteiger partial charge is 0.468 e. The van der Waals surface area contributed by atoms with Gasteiger partial charge in [-0.2, -0.15) is 0 Å². The number of hydrogen-bond acceptors (Lipinski definition) is 3. The van der Waals surface area contributed by atoms with Gasteiger partial charge in [-0.05, 0) is 24.1 Å². The molecule has 0 spiro atoms. The standard InChI is InChI=1S/C14H19NO2/c1-2-15-9-7-12-5-3-4-6-13(12)14(15)8-10-17-11-16/h3-6,11,14H,2,7-10H2,1H3. The molecule has 1 heterocycles. The van der Waals surface area contributed by atoms with Crippen LogP contribution < -0.4 is 0 Å². The molecule has 0 bridgehead atoms. The van der Waals surface area contributed by atoms with Crippen LogP contribution in [0.3, 0.4) is 0 Å². The van der Waals surface area contributed by atoms with Crippen LogP contribution in [0.15, 0.2) is 24.3 Å². The lowest BCUT2D eigenvalue weighted by atomic mass is 9.91. The van der Waals surface area contributed by atoms with Crippen molar-refractivity contribution in [1.29, 1.82) is 0 Å². The minimum atomic E-state index is 0.393. The lowest BCUT2D eigenvalue weighted by Gasteiger charge is -2.36. The first-order valence-corrected chi connectivity index (χ1v) is 6.24. The molecular weight excluding hydrogens is 214 g/mol. The van der Waals surface area contributed by atoms with Crippen LogP contribution in [-0.4, -0.2) is 31.1 Å². The highest BCUT2D eigenvalue weighted by atomic mass is 16.5. The van der Waals surface area contributed by atoms with Gasteiger partial charge in [-0.1, -0.05) is 31.2 Å². The molecule has 1 atom stereocenters. The van der Waals surface area contributed by atoms with Crippen molar-refractivity contribution in [2.24, 2.45) is 0 Å². The fraction of sp³-hybridized carbons (Fsp3) is 0.500. The third-order valence-electron chi connectivity index (χ3n) is 3.51. The van der Waals surface area contributed by atoms with E-state index in [9.17, 15) is 4.79 Å². The van der Waals surface area contributed by atoms with Crippen molar-refractivity contribution in [3.05, 3.63) is 35.4 Å². The Morgan fingerprint density at radius 2 is 2.29 bits per heavy atom. The lowest BCUT2D eigenvalue weighted by Crippen LogP contribution is -2.35. The van der Waals surface area contributed by atoms with E-state index < -0.39 is 0 Å². The summed E-state index contributed by atoms with van der Waals surface area (Å²) in [6.45, 7) is 5.35. The first kappa shape index (κ1) is 12.1. The molecule has 0 aliphatic carbocycles. The van der Waals surface area contributed by atoms with Gasteiger partial charge in [-0.25, -0.2) is 0 Å². The van der Waals surface area contributed by atoms with Gasteiger partial charge in [0, 0.05) is 19.0 Å². The monoisotopic (exact) mass is 233 g/mol. The molecule has 17 heavy (non-hydrogen) atoms. The average molecular weight is 233 g/mol. The quantitative estimate of drug-likeness (QED) is 0.576. The minimum Gasteiger partial charge on any atom is -0.468 e. The van der Waals surface area contributed by atoms with Gasteiger partial charge in [0.25, 0.3) is 6.47 Å². The Balaban J connectivity index is 2.15. The number of ether oxygens (including phenoxy) is 1. The Morgan fingerprint density at radius 3 is 3.06 bits per heavy atom. The van der Waals surface area contributed by atoms with Crippen LogP contribution in [0.25, 0.3) is 0 Å². The van der Waals surface area contributed by atoms with E-state index >= 15 is 0 Å². The molecular formula is C14H19NO2. The summed E-state index contributed by atoms with van der Waals surface area (Å²) < 4.78 is 4.84. The van der Waals surface area contributed by atoms with Crippen LogP contribution in [0.1, 0.15) is 30.5 Å². The first-order chi connectivity index (χ1) is 8.36. The third kappa shape index (κ3) is 2.67. The highest BCUT2D eigenvalue weighted by Crippen LogP contribution is 2.31. The second-order valence-corrected chi connectivity index (χ2v) is 4.35. The van der Waals surface area contributed by atoms with Crippen LogP contribution in [0, 0.1) is 0 Å². The summed E-state index contributed by atoms with van der Waals surface area (Å²) in [7, 11) is 0. The van der Waals surface area contributed by atoms with Gasteiger partial charge in [0.05, 0.1) is 6.61 Å². The van der Waals surface area contributed by atoms with E-state index in [4.69, 9.17) is 4.74 Å². The summed E-state index contributed by atoms with van der Waals surface area (Å²) in [5.74, 6) is 0. The molecule has 1 aliphatic rings. The van der Waals surface area contributed by atoms with E-state index in [-0.39, 0.29) is 0 Å². The highest BCUT2D eigenvalue weighted by molar-refractivity contribution is 5.37. The van der Waals surface area contributed by atoms with Gasteiger partial charge in [-0.15, -0.1) is 0 Å².